The molecule has 4 rings (SSSR count). The molecule has 1 saturated carbocycles. The van der Waals surface area contributed by atoms with E-state index in [1.165, 1.54) is 0 Å². The van der Waals surface area contributed by atoms with Gasteiger partial charge in [0.25, 0.3) is 5.91 Å². The van der Waals surface area contributed by atoms with E-state index in [1.54, 1.807) is 5.32 Å². The van der Waals surface area contributed by atoms with Gasteiger partial charge in [-0.2, -0.15) is 13.2 Å². The van der Waals surface area contributed by atoms with E-state index < -0.39 is 36.2 Å². The maximum Gasteiger partial charge on any atom is 0.417 e. The van der Waals surface area contributed by atoms with Gasteiger partial charge in [0.1, 0.15) is 12.6 Å². The second-order valence-corrected chi connectivity index (χ2v) is 8.52. The molecule has 0 aromatic heterocycles. The monoisotopic (exact) mass is 476 g/mol. The Kier molecular flexibility index (Phi) is 6.49. The predicted octanol–water partition coefficient (Wildman–Crippen LogP) is 3.83. The van der Waals surface area contributed by atoms with Crippen LogP contribution in [0.25, 0.3) is 11.1 Å². The summed E-state index contributed by atoms with van der Waals surface area (Å²) < 4.78 is 45.6. The first-order chi connectivity index (χ1) is 16.1. The van der Waals surface area contributed by atoms with Crippen molar-refractivity contribution < 1.29 is 37.4 Å². The molecule has 0 bridgehead atoms. The van der Waals surface area contributed by atoms with Gasteiger partial charge < -0.3 is 20.5 Å². The molecular weight excluding hydrogens is 453 g/mol. The van der Waals surface area contributed by atoms with Gasteiger partial charge in [-0.15, -0.1) is 0 Å². The molecule has 2 amide bonds. The highest BCUT2D eigenvalue weighted by molar-refractivity contribution is 5.90. The zero-order valence-electron chi connectivity index (χ0n) is 18.0. The lowest BCUT2D eigenvalue weighted by atomic mass is 9.98. The predicted molar refractivity (Wildman–Crippen MR) is 115 cm³/mol. The van der Waals surface area contributed by atoms with Crippen molar-refractivity contribution in [1.82, 2.24) is 10.6 Å². The number of aliphatic carboxylic acids is 1. The molecule has 10 heteroatoms. The number of nitrogens with one attached hydrogen (secondary N) is 2. The number of fused-ring (bicyclic) bond motifs is 3. The molecule has 2 aromatic rings. The number of alkyl carbamates (subject to hydrolysis) is 1. The number of halogens is 3. The molecule has 1 fully saturated rings. The number of carbonyl (C=O) groups excluding carboxylic acids is 2. The second-order valence-electron chi connectivity index (χ2n) is 8.52. The van der Waals surface area contributed by atoms with E-state index in [2.05, 4.69) is 0 Å². The van der Waals surface area contributed by atoms with Gasteiger partial charge in [0.15, 0.2) is 0 Å². The summed E-state index contributed by atoms with van der Waals surface area (Å²) in [4.78, 5) is 35.9. The van der Waals surface area contributed by atoms with Gasteiger partial charge in [0, 0.05) is 5.92 Å². The molecule has 180 valence electrons. The fourth-order valence-electron chi connectivity index (χ4n) is 4.22. The molecule has 3 N–H and O–H groups in total. The summed E-state index contributed by atoms with van der Waals surface area (Å²) in [6, 6.07) is 10.5. The topological polar surface area (TPSA) is 105 Å². The Morgan fingerprint density at radius 2 is 1.53 bits per heavy atom. The number of rotatable bonds is 8. The Labute approximate surface area is 193 Å². The number of hydrogen-bond donors (Lipinski definition) is 3. The van der Waals surface area contributed by atoms with Crippen LogP contribution in [0.2, 0.25) is 0 Å². The van der Waals surface area contributed by atoms with Gasteiger partial charge >= 0.3 is 18.2 Å². The van der Waals surface area contributed by atoms with E-state index in [4.69, 9.17) is 4.74 Å². The lowest BCUT2D eigenvalue weighted by Crippen LogP contribution is -2.57. The molecule has 34 heavy (non-hydrogen) atoms. The van der Waals surface area contributed by atoms with Crippen LogP contribution >= 0.6 is 0 Å². The fourth-order valence-corrected chi connectivity index (χ4v) is 4.22. The molecule has 2 aliphatic rings. The first-order valence-corrected chi connectivity index (χ1v) is 10.9. The Morgan fingerprint density at radius 1 is 0.971 bits per heavy atom. The third kappa shape index (κ3) is 5.16. The Morgan fingerprint density at radius 3 is 2.03 bits per heavy atom. The minimum Gasteiger partial charge on any atom is -0.480 e. The van der Waals surface area contributed by atoms with E-state index in [1.807, 2.05) is 53.8 Å². The van der Waals surface area contributed by atoms with Crippen molar-refractivity contribution in [3.8, 4) is 11.1 Å². The summed E-state index contributed by atoms with van der Waals surface area (Å²) in [6.07, 6.45) is -5.00. The number of amides is 2. The summed E-state index contributed by atoms with van der Waals surface area (Å²) >= 11 is 0. The molecule has 1 unspecified atom stereocenters. The number of benzene rings is 2. The zero-order chi connectivity index (χ0) is 24.5. The third-order valence-electron chi connectivity index (χ3n) is 6.08. The van der Waals surface area contributed by atoms with Gasteiger partial charge in [-0.3, -0.25) is 4.79 Å². The lowest BCUT2D eigenvalue weighted by molar-refractivity contribution is -0.169. The van der Waals surface area contributed by atoms with E-state index in [9.17, 15) is 32.7 Å². The first kappa shape index (κ1) is 23.6. The summed E-state index contributed by atoms with van der Waals surface area (Å²) in [7, 11) is 0. The maximum atomic E-state index is 13.5. The number of alkyl halides is 3. The van der Waals surface area contributed by atoms with Crippen LogP contribution in [0.4, 0.5) is 18.0 Å². The van der Waals surface area contributed by atoms with E-state index in [0.29, 0.717) is 0 Å². The van der Waals surface area contributed by atoms with Crippen molar-refractivity contribution in [2.75, 3.05) is 6.61 Å². The SMILES string of the molecule is O=C(NC(C(=O)N[C@@H](CC1CC1)C(=O)O)C(F)(F)F)OCC1c2ccccc2-c2ccccc21. The molecule has 2 aromatic carbocycles. The number of ether oxygens (including phenoxy) is 1. The van der Waals surface area contributed by atoms with Crippen LogP contribution in [-0.2, 0) is 14.3 Å². The normalized spacial score (nSPS) is 16.7. The maximum absolute atomic E-state index is 13.5. The van der Waals surface area contributed by atoms with Gasteiger partial charge in [-0.1, -0.05) is 61.4 Å². The summed E-state index contributed by atoms with van der Waals surface area (Å²) in [5.74, 6) is -3.39. The van der Waals surface area contributed by atoms with Crippen LogP contribution in [0.1, 0.15) is 36.3 Å². The molecular formula is C24H23F3N2O5. The number of carboxylic acid groups (broad SMARTS) is 1. The van der Waals surface area contributed by atoms with E-state index >= 15 is 0 Å². The first-order valence-electron chi connectivity index (χ1n) is 10.9. The molecule has 0 radical (unpaired) electrons. The average molecular weight is 476 g/mol. The molecule has 0 heterocycles. The van der Waals surface area contributed by atoms with Crippen molar-refractivity contribution in [3.05, 3.63) is 59.7 Å². The van der Waals surface area contributed by atoms with Gasteiger partial charge in [-0.05, 0) is 34.6 Å². The third-order valence-corrected chi connectivity index (χ3v) is 6.08. The van der Waals surface area contributed by atoms with Gasteiger partial charge in [0.05, 0.1) is 0 Å². The minimum absolute atomic E-state index is 0.0383. The lowest BCUT2D eigenvalue weighted by Gasteiger charge is -2.23. The molecule has 0 saturated heterocycles. The number of carboxylic acids is 1. The Hall–Kier alpha value is -3.56. The highest BCUT2D eigenvalue weighted by Crippen LogP contribution is 2.44. The molecule has 0 aliphatic heterocycles. The van der Waals surface area contributed by atoms with Crippen molar-refractivity contribution in [2.24, 2.45) is 5.92 Å². The largest absolute Gasteiger partial charge is 0.480 e. The Balaban J connectivity index is 1.42. The van der Waals surface area contributed by atoms with Gasteiger partial charge in [0.2, 0.25) is 6.04 Å². The summed E-state index contributed by atoms with van der Waals surface area (Å²) in [6.45, 7) is -0.231. The molecule has 7 nitrogen and oxygen atoms in total. The number of carbonyl (C=O) groups is 3. The molecule has 0 spiro atoms. The second kappa shape index (κ2) is 9.36. The average Bonchev–Trinajstić information content (AvgIpc) is 3.55. The highest BCUT2D eigenvalue weighted by Gasteiger charge is 2.47. The van der Waals surface area contributed by atoms with Crippen LogP contribution < -0.4 is 10.6 Å². The smallest absolute Gasteiger partial charge is 0.417 e. The summed E-state index contributed by atoms with van der Waals surface area (Å²) in [5.41, 5.74) is 3.67. The van der Waals surface area contributed by atoms with Crippen molar-refractivity contribution >= 4 is 18.0 Å². The van der Waals surface area contributed by atoms with Crippen LogP contribution in [-0.4, -0.2) is 47.9 Å². The van der Waals surface area contributed by atoms with Gasteiger partial charge in [-0.25, -0.2) is 9.59 Å². The van der Waals surface area contributed by atoms with E-state index in [-0.39, 0.29) is 24.9 Å². The van der Waals surface area contributed by atoms with E-state index in [0.717, 1.165) is 35.1 Å². The van der Waals surface area contributed by atoms with Crippen LogP contribution in [0.15, 0.2) is 48.5 Å². The molecule has 2 atom stereocenters. The van der Waals surface area contributed by atoms with Crippen LogP contribution in [0.3, 0.4) is 0 Å². The van der Waals surface area contributed by atoms with Crippen molar-refractivity contribution in [1.29, 1.82) is 0 Å². The standard InChI is InChI=1S/C24H23F3N2O5/c25-24(26,27)20(21(30)28-19(22(31)32)11-13-9-10-13)29-23(33)34-12-18-16-7-3-1-5-14(16)15-6-2-4-8-17(15)18/h1-8,13,18-20H,9-12H2,(H,28,30)(H,29,33)(H,31,32)/t19-,20?/m0/s1. The summed E-state index contributed by atoms with van der Waals surface area (Å²) in [5, 5.41) is 12.7. The van der Waals surface area contributed by atoms with Crippen molar-refractivity contribution in [2.45, 2.75) is 43.4 Å². The zero-order valence-corrected chi connectivity index (χ0v) is 18.0. The Bertz CT molecular complexity index is 1050. The minimum atomic E-state index is -5.14. The van der Waals surface area contributed by atoms with Crippen LogP contribution in [0.5, 0.6) is 0 Å². The quantitative estimate of drug-likeness (QED) is 0.537. The number of hydrogen-bond acceptors (Lipinski definition) is 4. The van der Waals surface area contributed by atoms with Crippen molar-refractivity contribution in [3.63, 3.8) is 0 Å². The highest BCUT2D eigenvalue weighted by atomic mass is 19.4. The van der Waals surface area contributed by atoms with Crippen LogP contribution in [0, 0.1) is 5.92 Å². The molecule has 2 aliphatic carbocycles. The fraction of sp³-hybridized carbons (Fsp3) is 0.375.